The predicted molar refractivity (Wildman–Crippen MR) is 96.3 cm³/mol. The van der Waals surface area contributed by atoms with Crippen LogP contribution >= 0.6 is 11.6 Å². The van der Waals surface area contributed by atoms with Gasteiger partial charge in [-0.1, -0.05) is 23.8 Å². The van der Waals surface area contributed by atoms with Gasteiger partial charge in [-0.05, 0) is 54.7 Å². The van der Waals surface area contributed by atoms with Crippen molar-refractivity contribution in [2.45, 2.75) is 6.42 Å². The Morgan fingerprint density at radius 3 is 2.31 bits per heavy atom. The molecule has 1 aromatic carbocycles. The average Bonchev–Trinajstić information content (AvgIpc) is 3.40. The van der Waals surface area contributed by atoms with Crippen LogP contribution in [0.2, 0.25) is 5.02 Å². The lowest BCUT2D eigenvalue weighted by Crippen LogP contribution is -2.28. The molecule has 2 aromatic rings. The van der Waals surface area contributed by atoms with Crippen molar-refractivity contribution >= 4 is 29.6 Å². The molecule has 4 atom stereocenters. The lowest BCUT2D eigenvalue weighted by atomic mass is 9.85. The van der Waals surface area contributed by atoms with Gasteiger partial charge in [0.1, 0.15) is 11.5 Å². The number of hydrogen-bond acceptors (Lipinski definition) is 4. The number of imide groups is 1. The zero-order chi connectivity index (χ0) is 17.8. The van der Waals surface area contributed by atoms with Crippen LogP contribution in [0.15, 0.2) is 58.1 Å². The smallest absolute Gasteiger partial charge is 0.254 e. The summed E-state index contributed by atoms with van der Waals surface area (Å²) in [6.07, 6.45) is 6.46. The van der Waals surface area contributed by atoms with Gasteiger partial charge in [0.2, 0.25) is 0 Å². The molecule has 2 aliphatic carbocycles. The van der Waals surface area contributed by atoms with Crippen molar-refractivity contribution in [3.05, 3.63) is 59.3 Å². The van der Waals surface area contributed by atoms with E-state index in [1.807, 2.05) is 18.2 Å². The van der Waals surface area contributed by atoms with E-state index >= 15 is 0 Å². The van der Waals surface area contributed by atoms with Gasteiger partial charge in [0.05, 0.1) is 18.1 Å². The Kier molecular flexibility index (Phi) is 3.40. The number of allylic oxidation sites excluding steroid dienone is 2. The van der Waals surface area contributed by atoms with Crippen LogP contribution in [0.4, 0.5) is 0 Å². The van der Waals surface area contributed by atoms with Crippen molar-refractivity contribution in [1.29, 1.82) is 0 Å². The molecule has 130 valence electrons. The monoisotopic (exact) mass is 366 g/mol. The molecule has 5 rings (SSSR count). The first-order chi connectivity index (χ1) is 12.6. The summed E-state index contributed by atoms with van der Waals surface area (Å²) < 4.78 is 5.73. The van der Waals surface area contributed by atoms with Crippen molar-refractivity contribution in [3.63, 3.8) is 0 Å². The van der Waals surface area contributed by atoms with E-state index in [1.54, 1.807) is 18.2 Å². The molecule has 2 fully saturated rings. The highest BCUT2D eigenvalue weighted by atomic mass is 35.5. The molecule has 1 aliphatic heterocycles. The summed E-state index contributed by atoms with van der Waals surface area (Å²) in [7, 11) is 0. The number of hydrazone groups is 1. The van der Waals surface area contributed by atoms with Crippen LogP contribution in [-0.2, 0) is 9.59 Å². The Labute approximate surface area is 154 Å². The molecule has 0 N–H and O–H groups in total. The zero-order valence-corrected chi connectivity index (χ0v) is 14.5. The van der Waals surface area contributed by atoms with Gasteiger partial charge in [-0.25, -0.2) is 0 Å². The number of nitrogens with zero attached hydrogens (tertiary/aromatic N) is 2. The maximum absolute atomic E-state index is 12.6. The van der Waals surface area contributed by atoms with Crippen LogP contribution in [0.3, 0.4) is 0 Å². The molecule has 2 heterocycles. The molecule has 2 bridgehead atoms. The summed E-state index contributed by atoms with van der Waals surface area (Å²) >= 11 is 5.89. The fraction of sp³-hybridized carbons (Fsp3) is 0.250. The van der Waals surface area contributed by atoms with Crippen LogP contribution in [0.5, 0.6) is 0 Å². The highest BCUT2D eigenvalue weighted by Gasteiger charge is 2.59. The Morgan fingerprint density at radius 1 is 1.00 bits per heavy atom. The third kappa shape index (κ3) is 2.27. The van der Waals surface area contributed by atoms with E-state index in [4.69, 9.17) is 16.0 Å². The van der Waals surface area contributed by atoms with E-state index in [2.05, 4.69) is 17.3 Å². The van der Waals surface area contributed by atoms with Crippen molar-refractivity contribution < 1.29 is 14.0 Å². The molecule has 2 amide bonds. The van der Waals surface area contributed by atoms with E-state index in [1.165, 1.54) is 6.21 Å². The normalized spacial score (nSPS) is 29.3. The first-order valence-corrected chi connectivity index (χ1v) is 8.95. The van der Waals surface area contributed by atoms with Crippen molar-refractivity contribution in [3.8, 4) is 11.3 Å². The first kappa shape index (κ1) is 15.6. The Balaban J connectivity index is 1.36. The van der Waals surface area contributed by atoms with E-state index in [-0.39, 0.29) is 35.5 Å². The van der Waals surface area contributed by atoms with Gasteiger partial charge in [0.25, 0.3) is 11.8 Å². The van der Waals surface area contributed by atoms with Crippen LogP contribution < -0.4 is 0 Å². The quantitative estimate of drug-likeness (QED) is 0.472. The third-order valence-electron chi connectivity index (χ3n) is 5.50. The lowest BCUT2D eigenvalue weighted by molar-refractivity contribution is -0.140. The van der Waals surface area contributed by atoms with Crippen molar-refractivity contribution in [2.24, 2.45) is 28.8 Å². The van der Waals surface area contributed by atoms with Crippen molar-refractivity contribution in [2.75, 3.05) is 0 Å². The molecule has 6 heteroatoms. The van der Waals surface area contributed by atoms with Crippen molar-refractivity contribution in [1.82, 2.24) is 5.01 Å². The van der Waals surface area contributed by atoms with E-state index < -0.39 is 0 Å². The Bertz CT molecular complexity index is 930. The summed E-state index contributed by atoms with van der Waals surface area (Å²) in [5.74, 6) is 0.639. The minimum absolute atomic E-state index is 0.182. The maximum Gasteiger partial charge on any atom is 0.254 e. The number of carbonyl (C=O) groups is 2. The molecule has 0 spiro atoms. The summed E-state index contributed by atoms with van der Waals surface area (Å²) in [6.45, 7) is 0. The van der Waals surface area contributed by atoms with Gasteiger partial charge in [-0.3, -0.25) is 9.59 Å². The Morgan fingerprint density at radius 2 is 1.65 bits per heavy atom. The molecule has 5 nitrogen and oxygen atoms in total. The minimum Gasteiger partial charge on any atom is -0.455 e. The Hall–Kier alpha value is -2.66. The van der Waals surface area contributed by atoms with Gasteiger partial charge in [-0.15, -0.1) is 0 Å². The number of benzene rings is 1. The molecule has 0 radical (unpaired) electrons. The number of carbonyl (C=O) groups excluding carboxylic acids is 2. The van der Waals surface area contributed by atoms with E-state index in [9.17, 15) is 9.59 Å². The molecule has 3 aliphatic rings. The van der Waals surface area contributed by atoms with Gasteiger partial charge in [0, 0.05) is 10.6 Å². The van der Waals surface area contributed by atoms with Gasteiger partial charge in [0.15, 0.2) is 0 Å². The molecular weight excluding hydrogens is 352 g/mol. The van der Waals surface area contributed by atoms with Gasteiger partial charge >= 0.3 is 0 Å². The number of hydrogen-bond donors (Lipinski definition) is 0. The summed E-state index contributed by atoms with van der Waals surface area (Å²) in [6, 6.07) is 10.9. The second-order valence-corrected chi connectivity index (χ2v) is 7.38. The molecular formula is C20H15ClN2O3. The summed E-state index contributed by atoms with van der Waals surface area (Å²) in [4.78, 5) is 25.2. The number of furan rings is 1. The molecule has 0 unspecified atom stereocenters. The zero-order valence-electron chi connectivity index (χ0n) is 13.7. The van der Waals surface area contributed by atoms with E-state index in [0.29, 0.717) is 16.5 Å². The molecule has 1 saturated heterocycles. The average molecular weight is 367 g/mol. The number of rotatable bonds is 3. The van der Waals surface area contributed by atoms with Crippen LogP contribution in [-0.4, -0.2) is 23.0 Å². The second kappa shape index (κ2) is 5.68. The number of fused-ring (bicyclic) bond motifs is 5. The van der Waals surface area contributed by atoms with Crippen LogP contribution in [0, 0.1) is 23.7 Å². The molecule has 1 aromatic heterocycles. The lowest BCUT2D eigenvalue weighted by Gasteiger charge is -2.13. The number of amides is 2. The molecule has 26 heavy (non-hydrogen) atoms. The highest BCUT2D eigenvalue weighted by molar-refractivity contribution is 6.30. The van der Waals surface area contributed by atoms with Crippen LogP contribution in [0.25, 0.3) is 11.3 Å². The third-order valence-corrected chi connectivity index (χ3v) is 5.76. The fourth-order valence-electron chi connectivity index (χ4n) is 4.31. The predicted octanol–water partition coefficient (Wildman–Crippen LogP) is 3.74. The maximum atomic E-state index is 12.6. The minimum atomic E-state index is -0.240. The number of halogens is 1. The molecule has 1 saturated carbocycles. The SMILES string of the molecule is O=C1[C@H]2[C@H](C(=O)N1/N=C\c1ccc(-c3ccc(Cl)cc3)o1)[C@H]1C=C[C@H]2C1. The van der Waals surface area contributed by atoms with Gasteiger partial charge < -0.3 is 4.42 Å². The topological polar surface area (TPSA) is 62.9 Å². The summed E-state index contributed by atoms with van der Waals surface area (Å²) in [5.41, 5.74) is 0.888. The van der Waals surface area contributed by atoms with E-state index in [0.717, 1.165) is 17.0 Å². The van der Waals surface area contributed by atoms with Crippen LogP contribution in [0.1, 0.15) is 12.2 Å². The largest absolute Gasteiger partial charge is 0.455 e. The standard InChI is InChI=1S/C20H15ClN2O3/c21-14-5-3-11(4-6-14)16-8-7-15(26-16)10-22-23-19(24)17-12-1-2-13(9-12)18(17)20(23)25/h1-8,10,12-13,17-18H,9H2/b22-10-/t12-,13-,17+,18+/m0/s1. The van der Waals surface area contributed by atoms with Gasteiger partial charge in [-0.2, -0.15) is 10.1 Å². The first-order valence-electron chi connectivity index (χ1n) is 8.58. The fourth-order valence-corrected chi connectivity index (χ4v) is 4.43. The summed E-state index contributed by atoms with van der Waals surface area (Å²) in [5, 5.41) is 5.80. The second-order valence-electron chi connectivity index (χ2n) is 6.94. The highest BCUT2D eigenvalue weighted by Crippen LogP contribution is 2.52.